The van der Waals surface area contributed by atoms with Crippen molar-refractivity contribution in [1.82, 2.24) is 9.47 Å². The highest BCUT2D eigenvalue weighted by atomic mass is 16.5. The van der Waals surface area contributed by atoms with Crippen molar-refractivity contribution in [3.8, 4) is 11.5 Å². The predicted molar refractivity (Wildman–Crippen MR) is 89.7 cm³/mol. The molecule has 1 saturated heterocycles. The molecule has 126 valence electrons. The molecule has 2 aromatic rings. The van der Waals surface area contributed by atoms with Crippen molar-refractivity contribution in [3.63, 3.8) is 0 Å². The third-order valence-electron chi connectivity index (χ3n) is 4.25. The Bertz CT molecular complexity index is 805. The van der Waals surface area contributed by atoms with Gasteiger partial charge >= 0.3 is 0 Å². The Morgan fingerprint density at radius 1 is 1.12 bits per heavy atom. The molecular weight excluding hydrogens is 308 g/mol. The smallest absolute Gasteiger partial charge is 0.254 e. The molecule has 24 heavy (non-hydrogen) atoms. The Hall–Kier alpha value is -2.76. The van der Waals surface area contributed by atoms with Gasteiger partial charge in [0.15, 0.2) is 0 Å². The Labute approximate surface area is 140 Å². The van der Waals surface area contributed by atoms with Crippen LogP contribution in [0.4, 0.5) is 0 Å². The number of hydrogen-bond donors (Lipinski definition) is 0. The second-order valence-corrected chi connectivity index (χ2v) is 5.91. The third-order valence-corrected chi connectivity index (χ3v) is 4.25. The molecule has 2 heterocycles. The quantitative estimate of drug-likeness (QED) is 0.855. The molecule has 0 unspecified atom stereocenters. The van der Waals surface area contributed by atoms with Gasteiger partial charge in [-0.1, -0.05) is 0 Å². The molecule has 1 fully saturated rings. The average molecular weight is 328 g/mol. The van der Waals surface area contributed by atoms with E-state index in [9.17, 15) is 9.59 Å². The number of hydrogen-bond acceptors (Lipinski definition) is 4. The maximum absolute atomic E-state index is 12.4. The van der Waals surface area contributed by atoms with E-state index in [0.29, 0.717) is 24.4 Å². The van der Waals surface area contributed by atoms with Gasteiger partial charge in [-0.25, -0.2) is 0 Å². The van der Waals surface area contributed by atoms with Gasteiger partial charge in [-0.3, -0.25) is 9.59 Å². The number of likely N-dealkylation sites (tertiary alicyclic amines) is 1. The SMILES string of the molecule is COc1ccc(C(=O)N2CC(Oc3cc(C)n(C)c(=O)c3)C2)cc1. The Balaban J connectivity index is 1.59. The van der Waals surface area contributed by atoms with Gasteiger partial charge in [-0.05, 0) is 37.3 Å². The number of ether oxygens (including phenoxy) is 2. The number of aryl methyl sites for hydroxylation is 1. The number of benzene rings is 1. The molecule has 6 heteroatoms. The molecule has 3 rings (SSSR count). The second-order valence-electron chi connectivity index (χ2n) is 5.91. The number of methoxy groups -OCH3 is 1. The number of carbonyl (C=O) groups is 1. The molecule has 0 atom stereocenters. The lowest BCUT2D eigenvalue weighted by atomic mass is 10.1. The van der Waals surface area contributed by atoms with Crippen LogP contribution in [0.1, 0.15) is 16.1 Å². The molecule has 1 aliphatic heterocycles. The summed E-state index contributed by atoms with van der Waals surface area (Å²) in [6, 6.07) is 10.3. The van der Waals surface area contributed by atoms with Gasteiger partial charge in [0, 0.05) is 24.4 Å². The van der Waals surface area contributed by atoms with E-state index in [1.165, 1.54) is 6.07 Å². The molecule has 1 aromatic heterocycles. The fraction of sp³-hybridized carbons (Fsp3) is 0.333. The van der Waals surface area contributed by atoms with E-state index < -0.39 is 0 Å². The highest BCUT2D eigenvalue weighted by molar-refractivity contribution is 5.94. The van der Waals surface area contributed by atoms with Gasteiger partial charge in [-0.2, -0.15) is 0 Å². The van der Waals surface area contributed by atoms with E-state index in [0.717, 1.165) is 11.4 Å². The monoisotopic (exact) mass is 328 g/mol. The van der Waals surface area contributed by atoms with Gasteiger partial charge in [0.2, 0.25) is 0 Å². The molecule has 1 aliphatic rings. The topological polar surface area (TPSA) is 60.8 Å². The maximum Gasteiger partial charge on any atom is 0.254 e. The van der Waals surface area contributed by atoms with E-state index in [4.69, 9.17) is 9.47 Å². The molecular formula is C18H20N2O4. The summed E-state index contributed by atoms with van der Waals surface area (Å²) in [5, 5.41) is 0. The Morgan fingerprint density at radius 2 is 1.79 bits per heavy atom. The molecule has 0 N–H and O–H groups in total. The van der Waals surface area contributed by atoms with Crippen molar-refractivity contribution < 1.29 is 14.3 Å². The van der Waals surface area contributed by atoms with Crippen LogP contribution < -0.4 is 15.0 Å². The van der Waals surface area contributed by atoms with Crippen molar-refractivity contribution in [2.45, 2.75) is 13.0 Å². The van der Waals surface area contributed by atoms with Gasteiger partial charge < -0.3 is 18.9 Å². The molecule has 6 nitrogen and oxygen atoms in total. The second kappa shape index (κ2) is 6.39. The Morgan fingerprint density at radius 3 is 2.38 bits per heavy atom. The zero-order chi connectivity index (χ0) is 17.3. The first kappa shape index (κ1) is 16.1. The fourth-order valence-corrected chi connectivity index (χ4v) is 2.59. The minimum atomic E-state index is -0.101. The van der Waals surface area contributed by atoms with E-state index in [2.05, 4.69) is 0 Å². The van der Waals surface area contributed by atoms with Crippen molar-refractivity contribution in [2.75, 3.05) is 20.2 Å². The first-order valence-corrected chi connectivity index (χ1v) is 7.75. The van der Waals surface area contributed by atoms with Crippen LogP contribution in [0.15, 0.2) is 41.2 Å². The van der Waals surface area contributed by atoms with Crippen molar-refractivity contribution >= 4 is 5.91 Å². The lowest BCUT2D eigenvalue weighted by Crippen LogP contribution is -2.56. The molecule has 1 aromatic carbocycles. The summed E-state index contributed by atoms with van der Waals surface area (Å²) >= 11 is 0. The first-order chi connectivity index (χ1) is 11.5. The summed E-state index contributed by atoms with van der Waals surface area (Å²) in [5.41, 5.74) is 1.36. The number of nitrogens with zero attached hydrogens (tertiary/aromatic N) is 2. The van der Waals surface area contributed by atoms with Crippen LogP contribution in [-0.4, -0.2) is 41.7 Å². The summed E-state index contributed by atoms with van der Waals surface area (Å²) in [5.74, 6) is 1.24. The number of aromatic nitrogens is 1. The van der Waals surface area contributed by atoms with Crippen LogP contribution in [0, 0.1) is 6.92 Å². The van der Waals surface area contributed by atoms with Gasteiger partial charge in [-0.15, -0.1) is 0 Å². The zero-order valence-corrected chi connectivity index (χ0v) is 14.0. The largest absolute Gasteiger partial charge is 0.497 e. The Kier molecular flexibility index (Phi) is 4.29. The summed E-state index contributed by atoms with van der Waals surface area (Å²) in [4.78, 5) is 25.8. The molecule has 0 saturated carbocycles. The van der Waals surface area contributed by atoms with Crippen LogP contribution in [0.5, 0.6) is 11.5 Å². The molecule has 0 bridgehead atoms. The summed E-state index contributed by atoms with van der Waals surface area (Å²) in [6.07, 6.45) is -0.0845. The third kappa shape index (κ3) is 3.13. The van der Waals surface area contributed by atoms with E-state index in [1.54, 1.807) is 47.9 Å². The fourth-order valence-electron chi connectivity index (χ4n) is 2.59. The van der Waals surface area contributed by atoms with E-state index >= 15 is 0 Å². The molecule has 0 radical (unpaired) electrons. The lowest BCUT2D eigenvalue weighted by molar-refractivity contribution is 0.0176. The first-order valence-electron chi connectivity index (χ1n) is 7.75. The molecule has 0 aliphatic carbocycles. The van der Waals surface area contributed by atoms with Crippen molar-refractivity contribution in [2.24, 2.45) is 7.05 Å². The lowest BCUT2D eigenvalue weighted by Gasteiger charge is -2.39. The average Bonchev–Trinajstić information content (AvgIpc) is 2.55. The summed E-state index contributed by atoms with van der Waals surface area (Å²) < 4.78 is 12.4. The minimum Gasteiger partial charge on any atom is -0.497 e. The number of amides is 1. The van der Waals surface area contributed by atoms with Crippen LogP contribution >= 0.6 is 0 Å². The molecule has 0 spiro atoms. The van der Waals surface area contributed by atoms with Gasteiger partial charge in [0.1, 0.15) is 17.6 Å². The van der Waals surface area contributed by atoms with Crippen LogP contribution in [0.2, 0.25) is 0 Å². The minimum absolute atomic E-state index is 0.0299. The van der Waals surface area contributed by atoms with Crippen LogP contribution in [0.25, 0.3) is 0 Å². The number of carbonyl (C=O) groups excluding carboxylic acids is 1. The van der Waals surface area contributed by atoms with E-state index in [1.807, 2.05) is 13.0 Å². The van der Waals surface area contributed by atoms with Crippen LogP contribution in [0.3, 0.4) is 0 Å². The number of rotatable bonds is 4. The van der Waals surface area contributed by atoms with Crippen molar-refractivity contribution in [1.29, 1.82) is 0 Å². The normalized spacial score (nSPS) is 14.2. The highest BCUT2D eigenvalue weighted by Gasteiger charge is 2.32. The van der Waals surface area contributed by atoms with Crippen LogP contribution in [-0.2, 0) is 7.05 Å². The summed E-state index contributed by atoms with van der Waals surface area (Å²) in [6.45, 7) is 2.88. The standard InChI is InChI=1S/C18H20N2O4/c1-12-8-15(9-17(21)19(12)2)24-16-10-20(11-16)18(22)13-4-6-14(23-3)7-5-13/h4-9,16H,10-11H2,1-3H3. The van der Waals surface area contributed by atoms with Gasteiger partial charge in [0.25, 0.3) is 11.5 Å². The van der Waals surface area contributed by atoms with Gasteiger partial charge in [0.05, 0.1) is 20.2 Å². The van der Waals surface area contributed by atoms with Crippen molar-refractivity contribution in [3.05, 3.63) is 58.0 Å². The number of pyridine rings is 1. The molecule has 1 amide bonds. The zero-order valence-electron chi connectivity index (χ0n) is 14.0. The summed E-state index contributed by atoms with van der Waals surface area (Å²) in [7, 11) is 3.31. The maximum atomic E-state index is 12.4. The predicted octanol–water partition coefficient (Wildman–Crippen LogP) is 1.61. The van der Waals surface area contributed by atoms with E-state index in [-0.39, 0.29) is 17.6 Å². The highest BCUT2D eigenvalue weighted by Crippen LogP contribution is 2.20.